The molecular formula is C21H21ClN6O4S. The highest BCUT2D eigenvalue weighted by atomic mass is 35.5. The molecule has 0 amide bonds. The molecule has 3 aromatic heterocycles. The molecule has 33 heavy (non-hydrogen) atoms. The molecule has 4 aromatic rings. The van der Waals surface area contributed by atoms with Gasteiger partial charge in [0, 0.05) is 42.1 Å². The van der Waals surface area contributed by atoms with E-state index in [1.807, 2.05) is 12.1 Å². The van der Waals surface area contributed by atoms with Crippen LogP contribution < -0.4 is 0 Å². The van der Waals surface area contributed by atoms with Crippen molar-refractivity contribution in [2.24, 2.45) is 0 Å². The van der Waals surface area contributed by atoms with Gasteiger partial charge in [-0.25, -0.2) is 13.4 Å². The van der Waals surface area contributed by atoms with Gasteiger partial charge in [-0.1, -0.05) is 11.6 Å². The van der Waals surface area contributed by atoms with Gasteiger partial charge in [0.2, 0.25) is 11.8 Å². The predicted molar refractivity (Wildman–Crippen MR) is 122 cm³/mol. The summed E-state index contributed by atoms with van der Waals surface area (Å²) >= 11 is 6.14. The number of aromatic nitrogens is 5. The van der Waals surface area contributed by atoms with Crippen molar-refractivity contribution in [3.8, 4) is 22.6 Å². The minimum absolute atomic E-state index is 0.164. The molecule has 5 rings (SSSR count). The first kappa shape index (κ1) is 22.0. The Morgan fingerprint density at radius 3 is 2.73 bits per heavy atom. The third-order valence-electron chi connectivity index (χ3n) is 5.38. The molecule has 4 heterocycles. The first-order chi connectivity index (χ1) is 15.9. The maximum atomic E-state index is 11.8. The van der Waals surface area contributed by atoms with Crippen molar-refractivity contribution in [2.45, 2.75) is 12.3 Å². The quantitative estimate of drug-likeness (QED) is 0.407. The van der Waals surface area contributed by atoms with Crippen LogP contribution in [0.15, 0.2) is 35.0 Å². The minimum Gasteiger partial charge on any atom is -0.419 e. The highest BCUT2D eigenvalue weighted by Gasteiger charge is 2.19. The number of sulfone groups is 1. The van der Waals surface area contributed by atoms with Crippen LogP contribution >= 0.6 is 11.6 Å². The number of nitrogens with one attached hydrogen (secondary N) is 1. The molecule has 0 radical (unpaired) electrons. The number of hydrogen-bond donors (Lipinski definition) is 1. The molecule has 172 valence electrons. The van der Waals surface area contributed by atoms with Gasteiger partial charge in [0.15, 0.2) is 9.84 Å². The van der Waals surface area contributed by atoms with Gasteiger partial charge in [-0.2, -0.15) is 5.10 Å². The molecule has 1 aromatic carbocycles. The Morgan fingerprint density at radius 1 is 1.12 bits per heavy atom. The second-order valence-electron chi connectivity index (χ2n) is 7.99. The lowest BCUT2D eigenvalue weighted by molar-refractivity contribution is 0.0306. The van der Waals surface area contributed by atoms with E-state index in [9.17, 15) is 8.42 Å². The van der Waals surface area contributed by atoms with Crippen LogP contribution in [0.2, 0.25) is 5.15 Å². The smallest absolute Gasteiger partial charge is 0.248 e. The van der Waals surface area contributed by atoms with Gasteiger partial charge in [0.05, 0.1) is 42.8 Å². The van der Waals surface area contributed by atoms with E-state index in [4.69, 9.17) is 20.8 Å². The number of rotatable bonds is 6. The van der Waals surface area contributed by atoms with Crippen molar-refractivity contribution < 1.29 is 17.6 Å². The minimum atomic E-state index is -3.27. The van der Waals surface area contributed by atoms with E-state index in [0.717, 1.165) is 41.4 Å². The standard InChI is InChI=1S/C21H21ClN6O4S/c1-33(29,30)12-15-6-14(9-23-20(15)22)13-7-16(17-10-24-25-18(17)8-13)21-27-26-19(32-21)11-28-2-4-31-5-3-28/h6-10H,2-5,11-12H2,1H3,(H,24,25). The number of ether oxygens (including phenoxy) is 1. The fourth-order valence-corrected chi connectivity index (χ4v) is 4.84. The van der Waals surface area contributed by atoms with Crippen molar-refractivity contribution in [2.75, 3.05) is 32.6 Å². The second kappa shape index (κ2) is 8.82. The number of pyridine rings is 1. The predicted octanol–water partition coefficient (Wildman–Crippen LogP) is 2.71. The number of morpholine rings is 1. The molecule has 1 saturated heterocycles. The highest BCUT2D eigenvalue weighted by Crippen LogP contribution is 2.33. The van der Waals surface area contributed by atoms with Crippen molar-refractivity contribution in [3.63, 3.8) is 0 Å². The summed E-state index contributed by atoms with van der Waals surface area (Å²) in [5.74, 6) is 0.711. The summed E-state index contributed by atoms with van der Waals surface area (Å²) in [5.41, 5.74) is 3.43. The molecule has 0 atom stereocenters. The van der Waals surface area contributed by atoms with Crippen LogP contribution in [0.3, 0.4) is 0 Å². The summed E-state index contributed by atoms with van der Waals surface area (Å²) in [6.45, 7) is 3.57. The first-order valence-corrected chi connectivity index (χ1v) is 12.7. The number of benzene rings is 1. The number of aromatic amines is 1. The van der Waals surface area contributed by atoms with E-state index >= 15 is 0 Å². The fourth-order valence-electron chi connectivity index (χ4n) is 3.81. The van der Waals surface area contributed by atoms with Crippen LogP contribution in [-0.4, -0.2) is 71.3 Å². The van der Waals surface area contributed by atoms with E-state index in [2.05, 4.69) is 30.3 Å². The van der Waals surface area contributed by atoms with E-state index in [1.165, 1.54) is 0 Å². The Kier molecular flexibility index (Phi) is 5.87. The second-order valence-corrected chi connectivity index (χ2v) is 10.5. The number of fused-ring (bicyclic) bond motifs is 1. The summed E-state index contributed by atoms with van der Waals surface area (Å²) in [4.78, 5) is 6.39. The lowest BCUT2D eigenvalue weighted by atomic mass is 10.0. The van der Waals surface area contributed by atoms with Gasteiger partial charge < -0.3 is 9.15 Å². The molecule has 12 heteroatoms. The summed E-state index contributed by atoms with van der Waals surface area (Å²) in [6.07, 6.45) is 4.47. The van der Waals surface area contributed by atoms with Gasteiger partial charge in [-0.3, -0.25) is 10.00 Å². The molecule has 0 unspecified atom stereocenters. The number of nitrogens with zero attached hydrogens (tertiary/aromatic N) is 5. The molecule has 1 fully saturated rings. The average Bonchev–Trinajstić information content (AvgIpc) is 3.44. The zero-order chi connectivity index (χ0) is 23.0. The Bertz CT molecular complexity index is 1410. The molecule has 0 saturated carbocycles. The largest absolute Gasteiger partial charge is 0.419 e. The number of halogens is 1. The maximum absolute atomic E-state index is 11.8. The fraction of sp³-hybridized carbons (Fsp3) is 0.333. The zero-order valence-electron chi connectivity index (χ0n) is 17.8. The molecule has 10 nitrogen and oxygen atoms in total. The van der Waals surface area contributed by atoms with Crippen LogP contribution in [0.1, 0.15) is 11.5 Å². The lowest BCUT2D eigenvalue weighted by Gasteiger charge is -2.24. The lowest BCUT2D eigenvalue weighted by Crippen LogP contribution is -2.35. The van der Waals surface area contributed by atoms with Crippen LogP contribution in [0, 0.1) is 0 Å². The molecule has 0 spiro atoms. The van der Waals surface area contributed by atoms with Crippen LogP contribution in [0.4, 0.5) is 0 Å². The van der Waals surface area contributed by atoms with E-state index < -0.39 is 9.84 Å². The van der Waals surface area contributed by atoms with E-state index in [1.54, 1.807) is 18.5 Å². The SMILES string of the molecule is CS(=O)(=O)Cc1cc(-c2cc(-c3nnc(CN4CCOCC4)o3)c3cn[nH]c3c2)cnc1Cl. The van der Waals surface area contributed by atoms with E-state index in [-0.39, 0.29) is 10.9 Å². The number of hydrogen-bond acceptors (Lipinski definition) is 9. The van der Waals surface area contributed by atoms with Crippen molar-refractivity contribution in [1.82, 2.24) is 30.3 Å². The van der Waals surface area contributed by atoms with Crippen LogP contribution in [-0.2, 0) is 26.9 Å². The Balaban J connectivity index is 1.52. The summed E-state index contributed by atoms with van der Waals surface area (Å²) in [5, 5.41) is 16.6. The average molecular weight is 489 g/mol. The van der Waals surface area contributed by atoms with Crippen LogP contribution in [0.25, 0.3) is 33.5 Å². The molecule has 1 N–H and O–H groups in total. The molecular weight excluding hydrogens is 468 g/mol. The zero-order valence-corrected chi connectivity index (χ0v) is 19.4. The molecule has 1 aliphatic rings. The van der Waals surface area contributed by atoms with Gasteiger partial charge in [-0.05, 0) is 23.8 Å². The Hall–Kier alpha value is -2.86. The third kappa shape index (κ3) is 4.91. The van der Waals surface area contributed by atoms with Crippen molar-refractivity contribution >= 4 is 32.3 Å². The third-order valence-corrected chi connectivity index (χ3v) is 6.56. The van der Waals surface area contributed by atoms with E-state index in [0.29, 0.717) is 42.7 Å². The maximum Gasteiger partial charge on any atom is 0.248 e. The summed E-state index contributed by atoms with van der Waals surface area (Å²) < 4.78 is 34.9. The first-order valence-electron chi connectivity index (χ1n) is 10.3. The monoisotopic (exact) mass is 488 g/mol. The van der Waals surface area contributed by atoms with Gasteiger partial charge in [0.25, 0.3) is 0 Å². The van der Waals surface area contributed by atoms with Gasteiger partial charge >= 0.3 is 0 Å². The molecule has 0 aliphatic carbocycles. The van der Waals surface area contributed by atoms with Crippen molar-refractivity contribution in [3.05, 3.63) is 47.2 Å². The molecule has 1 aliphatic heterocycles. The summed E-state index contributed by atoms with van der Waals surface area (Å²) in [6, 6.07) is 5.54. The molecule has 0 bridgehead atoms. The van der Waals surface area contributed by atoms with Crippen LogP contribution in [0.5, 0.6) is 0 Å². The number of H-pyrrole nitrogens is 1. The Labute approximate surface area is 194 Å². The van der Waals surface area contributed by atoms with Crippen molar-refractivity contribution in [1.29, 1.82) is 0 Å². The van der Waals surface area contributed by atoms with Gasteiger partial charge in [0.1, 0.15) is 5.15 Å². The highest BCUT2D eigenvalue weighted by molar-refractivity contribution is 7.89. The normalized spacial score (nSPS) is 15.3. The topological polar surface area (TPSA) is 127 Å². The van der Waals surface area contributed by atoms with Gasteiger partial charge in [-0.15, -0.1) is 10.2 Å². The summed E-state index contributed by atoms with van der Waals surface area (Å²) in [7, 11) is -3.27. The Morgan fingerprint density at radius 2 is 1.94 bits per heavy atom.